The zero-order valence-corrected chi connectivity index (χ0v) is 15.4. The van der Waals surface area contributed by atoms with Crippen molar-refractivity contribution in [3.8, 4) is 0 Å². The Kier molecular flexibility index (Phi) is 6.29. The molecule has 28 heavy (non-hydrogen) atoms. The van der Waals surface area contributed by atoms with Crippen molar-refractivity contribution in [3.05, 3.63) is 83.4 Å². The smallest absolute Gasteiger partial charge is 0.306 e. The predicted octanol–water partition coefficient (Wildman–Crippen LogP) is 3.51. The molecule has 0 aliphatic rings. The third-order valence-corrected chi connectivity index (χ3v) is 4.35. The van der Waals surface area contributed by atoms with Gasteiger partial charge in [-0.3, -0.25) is 4.79 Å². The molecule has 6 nitrogen and oxygen atoms in total. The van der Waals surface area contributed by atoms with Crippen molar-refractivity contribution in [2.24, 2.45) is 5.73 Å². The molecular weight excluding hydrogens is 359 g/mol. The maximum Gasteiger partial charge on any atom is 0.306 e. The average Bonchev–Trinajstić information content (AvgIpc) is 2.73. The first-order valence-electron chi connectivity index (χ1n) is 8.80. The van der Waals surface area contributed by atoms with Crippen LogP contribution in [-0.2, 0) is 16.1 Å². The highest BCUT2D eigenvalue weighted by atomic mass is 19.1. The molecule has 0 aliphatic heterocycles. The first-order valence-corrected chi connectivity index (χ1v) is 8.80. The lowest BCUT2D eigenvalue weighted by molar-refractivity contribution is -0.140. The van der Waals surface area contributed by atoms with E-state index in [9.17, 15) is 9.18 Å². The fourth-order valence-corrected chi connectivity index (χ4v) is 2.82. The third kappa shape index (κ3) is 4.89. The molecule has 1 heterocycles. The summed E-state index contributed by atoms with van der Waals surface area (Å²) in [6.07, 6.45) is 1.70. The Morgan fingerprint density at radius 1 is 1.14 bits per heavy atom. The topological polar surface area (TPSA) is 90.1 Å². The number of nitrogens with zero attached hydrogens (tertiary/aromatic N) is 2. The number of aromatic nitrogens is 2. The summed E-state index contributed by atoms with van der Waals surface area (Å²) in [5, 5.41) is 3.14. The lowest BCUT2D eigenvalue weighted by atomic mass is 9.92. The summed E-state index contributed by atoms with van der Waals surface area (Å²) < 4.78 is 18.1. The van der Waals surface area contributed by atoms with Crippen LogP contribution < -0.4 is 11.1 Å². The second-order valence-electron chi connectivity index (χ2n) is 6.22. The summed E-state index contributed by atoms with van der Waals surface area (Å²) in [4.78, 5) is 20.7. The van der Waals surface area contributed by atoms with E-state index in [2.05, 4.69) is 15.3 Å². The molecule has 1 unspecified atom stereocenters. The monoisotopic (exact) mass is 380 g/mol. The van der Waals surface area contributed by atoms with Gasteiger partial charge in [-0.2, -0.15) is 0 Å². The summed E-state index contributed by atoms with van der Waals surface area (Å²) in [5.41, 5.74) is 8.86. The molecule has 0 amide bonds. The Hall–Kier alpha value is -3.32. The number of benzene rings is 2. The molecule has 0 fully saturated rings. The highest BCUT2D eigenvalue weighted by molar-refractivity contribution is 5.71. The maximum atomic E-state index is 13.3. The minimum absolute atomic E-state index is 0.0871. The van der Waals surface area contributed by atoms with E-state index >= 15 is 0 Å². The zero-order chi connectivity index (χ0) is 19.9. The number of nitrogens with two attached hydrogens (primary N) is 1. The van der Waals surface area contributed by atoms with E-state index in [0.717, 1.165) is 16.8 Å². The second kappa shape index (κ2) is 9.05. The number of nitrogens with one attached hydrogen (secondary N) is 1. The fourth-order valence-electron chi connectivity index (χ4n) is 2.82. The van der Waals surface area contributed by atoms with Crippen molar-refractivity contribution in [1.29, 1.82) is 0 Å². The van der Waals surface area contributed by atoms with E-state index in [1.54, 1.807) is 24.4 Å². The van der Waals surface area contributed by atoms with Gasteiger partial charge in [0.2, 0.25) is 5.95 Å². The van der Waals surface area contributed by atoms with Gasteiger partial charge < -0.3 is 15.8 Å². The average molecular weight is 380 g/mol. The Morgan fingerprint density at radius 3 is 2.50 bits per heavy atom. The molecule has 7 heteroatoms. The van der Waals surface area contributed by atoms with Gasteiger partial charge in [0.05, 0.1) is 19.2 Å². The van der Waals surface area contributed by atoms with Gasteiger partial charge >= 0.3 is 5.97 Å². The summed E-state index contributed by atoms with van der Waals surface area (Å²) >= 11 is 0. The highest BCUT2D eigenvalue weighted by Crippen LogP contribution is 2.28. The maximum absolute atomic E-state index is 13.3. The van der Waals surface area contributed by atoms with Crippen LogP contribution in [0.3, 0.4) is 0 Å². The molecule has 3 N–H and O–H groups in total. The number of esters is 1. The first-order chi connectivity index (χ1) is 13.6. The van der Waals surface area contributed by atoms with Crippen LogP contribution in [0, 0.1) is 5.82 Å². The zero-order valence-electron chi connectivity index (χ0n) is 15.4. The Balaban J connectivity index is 1.88. The Bertz CT molecular complexity index is 930. The SMILES string of the molecule is COC(=O)CC(c1ccc(F)cc1)c1ccnc(Nc2ccc(CN)cc2)n1. The van der Waals surface area contributed by atoms with Crippen molar-refractivity contribution >= 4 is 17.6 Å². The van der Waals surface area contributed by atoms with Crippen LogP contribution in [0.25, 0.3) is 0 Å². The van der Waals surface area contributed by atoms with Gasteiger partial charge in [0.15, 0.2) is 0 Å². The summed E-state index contributed by atoms with van der Waals surface area (Å²) in [7, 11) is 1.34. The van der Waals surface area contributed by atoms with E-state index in [0.29, 0.717) is 18.2 Å². The van der Waals surface area contributed by atoms with Gasteiger partial charge in [0.1, 0.15) is 5.82 Å². The quantitative estimate of drug-likeness (QED) is 0.610. The fraction of sp³-hybridized carbons (Fsp3) is 0.190. The van der Waals surface area contributed by atoms with E-state index in [1.165, 1.54) is 19.2 Å². The molecule has 0 saturated carbocycles. The first kappa shape index (κ1) is 19.4. The van der Waals surface area contributed by atoms with Crippen LogP contribution in [-0.4, -0.2) is 23.0 Å². The standard InChI is InChI=1S/C21H21FN4O2/c1-28-20(27)12-18(15-4-6-16(22)7-5-15)19-10-11-24-21(26-19)25-17-8-2-14(13-23)3-9-17/h2-11,18H,12-13,23H2,1H3,(H,24,25,26). The Morgan fingerprint density at radius 2 is 1.86 bits per heavy atom. The molecule has 0 saturated heterocycles. The highest BCUT2D eigenvalue weighted by Gasteiger charge is 2.21. The number of carbonyl (C=O) groups is 1. The minimum Gasteiger partial charge on any atom is -0.469 e. The number of anilines is 2. The van der Waals surface area contributed by atoms with E-state index < -0.39 is 0 Å². The number of carbonyl (C=O) groups excluding carboxylic acids is 1. The van der Waals surface area contributed by atoms with E-state index in [-0.39, 0.29) is 24.1 Å². The molecule has 0 bridgehead atoms. The van der Waals surface area contributed by atoms with Crippen molar-refractivity contribution in [1.82, 2.24) is 9.97 Å². The largest absolute Gasteiger partial charge is 0.469 e. The lowest BCUT2D eigenvalue weighted by Gasteiger charge is -2.17. The van der Waals surface area contributed by atoms with Gasteiger partial charge in [-0.15, -0.1) is 0 Å². The number of methoxy groups -OCH3 is 1. The number of hydrogen-bond donors (Lipinski definition) is 2. The van der Waals surface area contributed by atoms with Gasteiger partial charge in [0, 0.05) is 24.3 Å². The van der Waals surface area contributed by atoms with Gasteiger partial charge in [-0.05, 0) is 41.5 Å². The van der Waals surface area contributed by atoms with Crippen molar-refractivity contribution < 1.29 is 13.9 Å². The lowest BCUT2D eigenvalue weighted by Crippen LogP contribution is -2.12. The summed E-state index contributed by atoms with van der Waals surface area (Å²) in [6.45, 7) is 0.471. The molecular formula is C21H21FN4O2. The third-order valence-electron chi connectivity index (χ3n) is 4.35. The van der Waals surface area contributed by atoms with E-state index in [4.69, 9.17) is 10.5 Å². The van der Waals surface area contributed by atoms with Gasteiger partial charge in [-0.1, -0.05) is 24.3 Å². The van der Waals surface area contributed by atoms with Crippen LogP contribution in [0.15, 0.2) is 60.8 Å². The van der Waals surface area contributed by atoms with Gasteiger partial charge in [-0.25, -0.2) is 14.4 Å². The molecule has 1 atom stereocenters. The van der Waals surface area contributed by atoms with Crippen LogP contribution in [0.1, 0.15) is 29.2 Å². The number of rotatable bonds is 7. The second-order valence-corrected chi connectivity index (χ2v) is 6.22. The molecule has 0 spiro atoms. The summed E-state index contributed by atoms with van der Waals surface area (Å²) in [5.74, 6) is -0.697. The van der Waals surface area contributed by atoms with Crippen molar-refractivity contribution in [2.75, 3.05) is 12.4 Å². The normalized spacial score (nSPS) is 11.7. The number of halogens is 1. The molecule has 2 aromatic carbocycles. The number of hydrogen-bond acceptors (Lipinski definition) is 6. The van der Waals surface area contributed by atoms with Gasteiger partial charge in [0.25, 0.3) is 0 Å². The minimum atomic E-state index is -0.379. The number of ether oxygens (including phenoxy) is 1. The summed E-state index contributed by atoms with van der Waals surface area (Å²) in [6, 6.07) is 15.4. The Labute approximate surface area is 162 Å². The van der Waals surface area contributed by atoms with Crippen molar-refractivity contribution in [3.63, 3.8) is 0 Å². The molecule has 3 aromatic rings. The molecule has 144 valence electrons. The van der Waals surface area contributed by atoms with Crippen LogP contribution in [0.2, 0.25) is 0 Å². The predicted molar refractivity (Wildman–Crippen MR) is 105 cm³/mol. The van der Waals surface area contributed by atoms with Crippen LogP contribution >= 0.6 is 0 Å². The van der Waals surface area contributed by atoms with Crippen LogP contribution in [0.4, 0.5) is 16.0 Å². The molecule has 0 aliphatic carbocycles. The molecule has 0 radical (unpaired) electrons. The molecule has 1 aromatic heterocycles. The van der Waals surface area contributed by atoms with E-state index in [1.807, 2.05) is 24.3 Å². The van der Waals surface area contributed by atoms with Crippen molar-refractivity contribution in [2.45, 2.75) is 18.9 Å². The van der Waals surface area contributed by atoms with Crippen LogP contribution in [0.5, 0.6) is 0 Å². The molecule has 3 rings (SSSR count).